The molecule has 22 heavy (non-hydrogen) atoms. The van der Waals surface area contributed by atoms with Gasteiger partial charge in [-0.05, 0) is 54.0 Å². The summed E-state index contributed by atoms with van der Waals surface area (Å²) in [7, 11) is 0. The zero-order valence-electron chi connectivity index (χ0n) is 12.9. The number of nitrogens with zero attached hydrogens (tertiary/aromatic N) is 1. The van der Waals surface area contributed by atoms with Gasteiger partial charge in [0, 0.05) is 32.8 Å². The van der Waals surface area contributed by atoms with Crippen LogP contribution in [0.15, 0.2) is 16.8 Å². The van der Waals surface area contributed by atoms with E-state index in [1.54, 1.807) is 11.3 Å². The number of hydrogen-bond donors (Lipinski definition) is 1. The monoisotopic (exact) mass is 320 g/mol. The van der Waals surface area contributed by atoms with Crippen molar-refractivity contribution >= 4 is 17.2 Å². The summed E-state index contributed by atoms with van der Waals surface area (Å²) in [6.07, 6.45) is 4.51. The van der Waals surface area contributed by atoms with E-state index in [9.17, 15) is 4.79 Å². The minimum absolute atomic E-state index is 0.116. The number of amides is 1. The third kappa shape index (κ3) is 2.82. The maximum Gasteiger partial charge on any atom is 0.230 e. The number of nitrogens with one attached hydrogen (secondary N) is 1. The highest BCUT2D eigenvalue weighted by Gasteiger charge is 2.53. The number of ether oxygens (including phenoxy) is 1. The molecule has 1 aromatic rings. The van der Waals surface area contributed by atoms with E-state index in [2.05, 4.69) is 27.0 Å². The van der Waals surface area contributed by atoms with Crippen LogP contribution >= 0.6 is 11.3 Å². The molecule has 3 fully saturated rings. The van der Waals surface area contributed by atoms with E-state index in [0.29, 0.717) is 0 Å². The van der Waals surface area contributed by atoms with Crippen molar-refractivity contribution in [3.63, 3.8) is 0 Å². The Kier molecular flexibility index (Phi) is 3.96. The molecule has 1 N–H and O–H groups in total. The van der Waals surface area contributed by atoms with Gasteiger partial charge in [0.15, 0.2) is 0 Å². The van der Waals surface area contributed by atoms with Crippen LogP contribution in [0, 0.1) is 11.3 Å². The molecule has 2 atom stereocenters. The highest BCUT2D eigenvalue weighted by molar-refractivity contribution is 7.07. The first-order valence-electron chi connectivity index (χ1n) is 8.40. The van der Waals surface area contributed by atoms with Crippen molar-refractivity contribution in [3.05, 3.63) is 22.4 Å². The molecular weight excluding hydrogens is 296 g/mol. The Morgan fingerprint density at radius 2 is 2.36 bits per heavy atom. The fourth-order valence-electron chi connectivity index (χ4n) is 3.86. The van der Waals surface area contributed by atoms with Crippen LogP contribution in [-0.2, 0) is 16.1 Å². The van der Waals surface area contributed by atoms with Gasteiger partial charge in [-0.3, -0.25) is 9.69 Å². The number of hydrogen-bond acceptors (Lipinski definition) is 4. The van der Waals surface area contributed by atoms with Crippen molar-refractivity contribution in [2.45, 2.75) is 38.3 Å². The topological polar surface area (TPSA) is 41.6 Å². The minimum atomic E-state index is -0.316. The number of rotatable bonds is 5. The van der Waals surface area contributed by atoms with Gasteiger partial charge in [-0.15, -0.1) is 0 Å². The van der Waals surface area contributed by atoms with Gasteiger partial charge in [0.1, 0.15) is 0 Å². The molecule has 1 aromatic heterocycles. The summed E-state index contributed by atoms with van der Waals surface area (Å²) in [5.41, 5.74) is 1.04. The molecule has 0 unspecified atom stereocenters. The highest BCUT2D eigenvalue weighted by Crippen LogP contribution is 2.41. The molecule has 5 heteroatoms. The maximum atomic E-state index is 12.9. The first kappa shape index (κ1) is 14.7. The van der Waals surface area contributed by atoms with Crippen molar-refractivity contribution < 1.29 is 9.53 Å². The van der Waals surface area contributed by atoms with E-state index in [1.807, 2.05) is 0 Å². The van der Waals surface area contributed by atoms with Crippen molar-refractivity contribution in [3.8, 4) is 0 Å². The number of carbonyl (C=O) groups excluding carboxylic acids is 1. The van der Waals surface area contributed by atoms with E-state index in [0.717, 1.165) is 51.5 Å². The maximum absolute atomic E-state index is 12.9. The quantitative estimate of drug-likeness (QED) is 0.905. The Labute approximate surface area is 135 Å². The lowest BCUT2D eigenvalue weighted by atomic mass is 9.75. The third-order valence-electron chi connectivity index (χ3n) is 5.38. The van der Waals surface area contributed by atoms with Crippen molar-refractivity contribution in [1.29, 1.82) is 0 Å². The molecule has 0 radical (unpaired) electrons. The SMILES string of the molecule is O=C(NCC1CC1)[C@@]12CCO[C@@H]1CCN(Cc1ccsc1)C2. The molecule has 0 bridgehead atoms. The van der Waals surface area contributed by atoms with E-state index in [1.165, 1.54) is 18.4 Å². The predicted molar refractivity (Wildman–Crippen MR) is 86.7 cm³/mol. The van der Waals surface area contributed by atoms with Crippen LogP contribution < -0.4 is 5.32 Å². The summed E-state index contributed by atoms with van der Waals surface area (Å²) in [5.74, 6) is 0.962. The second-order valence-corrected chi connectivity index (χ2v) is 7.83. The molecular formula is C17H24N2O2S. The third-order valence-corrected chi connectivity index (χ3v) is 6.12. The number of fused-ring (bicyclic) bond motifs is 1. The molecule has 1 amide bonds. The lowest BCUT2D eigenvalue weighted by Gasteiger charge is -2.42. The molecule has 120 valence electrons. The summed E-state index contributed by atoms with van der Waals surface area (Å²) in [5, 5.41) is 7.54. The van der Waals surface area contributed by atoms with Gasteiger partial charge < -0.3 is 10.1 Å². The largest absolute Gasteiger partial charge is 0.377 e. The average molecular weight is 320 g/mol. The van der Waals surface area contributed by atoms with Crippen LogP contribution in [0.4, 0.5) is 0 Å². The smallest absolute Gasteiger partial charge is 0.230 e. The van der Waals surface area contributed by atoms with Gasteiger partial charge >= 0.3 is 0 Å². The van der Waals surface area contributed by atoms with Crippen LogP contribution in [0.3, 0.4) is 0 Å². The molecule has 1 aliphatic carbocycles. The molecule has 4 rings (SSSR count). The fraction of sp³-hybridized carbons (Fsp3) is 0.706. The molecule has 1 saturated carbocycles. The molecule has 2 aliphatic heterocycles. The van der Waals surface area contributed by atoms with Crippen LogP contribution in [0.1, 0.15) is 31.2 Å². The van der Waals surface area contributed by atoms with E-state index in [-0.39, 0.29) is 17.4 Å². The number of thiophene rings is 1. The second kappa shape index (κ2) is 5.95. The van der Waals surface area contributed by atoms with Crippen LogP contribution in [0.25, 0.3) is 0 Å². The van der Waals surface area contributed by atoms with Crippen LogP contribution in [0.2, 0.25) is 0 Å². The first-order valence-corrected chi connectivity index (χ1v) is 9.34. The second-order valence-electron chi connectivity index (χ2n) is 7.05. The number of piperidine rings is 1. The lowest BCUT2D eigenvalue weighted by molar-refractivity contribution is -0.139. The van der Waals surface area contributed by atoms with Gasteiger partial charge in [0.25, 0.3) is 0 Å². The molecule has 3 aliphatic rings. The van der Waals surface area contributed by atoms with Crippen LogP contribution in [-0.4, -0.2) is 43.2 Å². The van der Waals surface area contributed by atoms with E-state index >= 15 is 0 Å². The zero-order chi connectivity index (χ0) is 15.0. The summed E-state index contributed by atoms with van der Waals surface area (Å²) >= 11 is 1.74. The molecule has 2 saturated heterocycles. The molecule has 0 spiro atoms. The zero-order valence-corrected chi connectivity index (χ0v) is 13.7. The number of carbonyl (C=O) groups is 1. The van der Waals surface area contributed by atoms with Crippen molar-refractivity contribution in [2.75, 3.05) is 26.2 Å². The van der Waals surface area contributed by atoms with Gasteiger partial charge in [-0.25, -0.2) is 0 Å². The summed E-state index contributed by atoms with van der Waals surface area (Å²) in [4.78, 5) is 15.3. The first-order chi connectivity index (χ1) is 10.8. The predicted octanol–water partition coefficient (Wildman–Crippen LogP) is 2.26. The summed E-state index contributed by atoms with van der Waals surface area (Å²) < 4.78 is 5.90. The standard InChI is InChI=1S/C17H24N2O2S/c20-16(18-9-13-1-2-13)17-5-7-21-15(17)3-6-19(12-17)10-14-4-8-22-11-14/h4,8,11,13,15H,1-3,5-7,9-10,12H2,(H,18,20)/t15-,17-/m1/s1. The van der Waals surface area contributed by atoms with Crippen LogP contribution in [0.5, 0.6) is 0 Å². The van der Waals surface area contributed by atoms with Crippen molar-refractivity contribution in [1.82, 2.24) is 10.2 Å². The Balaban J connectivity index is 1.45. The lowest BCUT2D eigenvalue weighted by Crippen LogP contribution is -2.57. The van der Waals surface area contributed by atoms with Gasteiger partial charge in [0.05, 0.1) is 11.5 Å². The highest BCUT2D eigenvalue weighted by atomic mass is 32.1. The fourth-order valence-corrected chi connectivity index (χ4v) is 4.52. The number of likely N-dealkylation sites (tertiary alicyclic amines) is 1. The Morgan fingerprint density at radius 1 is 1.45 bits per heavy atom. The Bertz CT molecular complexity index is 529. The molecule has 3 heterocycles. The minimum Gasteiger partial charge on any atom is -0.377 e. The molecule has 0 aromatic carbocycles. The Morgan fingerprint density at radius 3 is 3.14 bits per heavy atom. The Hall–Kier alpha value is -0.910. The van der Waals surface area contributed by atoms with E-state index in [4.69, 9.17) is 4.74 Å². The van der Waals surface area contributed by atoms with Gasteiger partial charge in [-0.2, -0.15) is 11.3 Å². The van der Waals surface area contributed by atoms with Gasteiger partial charge in [-0.1, -0.05) is 0 Å². The van der Waals surface area contributed by atoms with E-state index < -0.39 is 0 Å². The normalized spacial score (nSPS) is 31.9. The summed E-state index contributed by atoms with van der Waals surface area (Å²) in [6.45, 7) is 4.40. The summed E-state index contributed by atoms with van der Waals surface area (Å²) in [6, 6.07) is 2.18. The average Bonchev–Trinajstić information content (AvgIpc) is 3.03. The van der Waals surface area contributed by atoms with Gasteiger partial charge in [0.2, 0.25) is 5.91 Å². The molecule has 4 nitrogen and oxygen atoms in total. The van der Waals surface area contributed by atoms with Crippen molar-refractivity contribution in [2.24, 2.45) is 11.3 Å².